The van der Waals surface area contributed by atoms with Crippen molar-refractivity contribution in [3.05, 3.63) is 28.7 Å². The summed E-state index contributed by atoms with van der Waals surface area (Å²) in [6.07, 6.45) is 3.03. The number of hydrogen-bond acceptors (Lipinski definition) is 3. The van der Waals surface area contributed by atoms with Crippen LogP contribution in [0.2, 0.25) is 0 Å². The summed E-state index contributed by atoms with van der Waals surface area (Å²) in [4.78, 5) is 0.370. The Morgan fingerprint density at radius 1 is 1.20 bits per heavy atom. The highest BCUT2D eigenvalue weighted by molar-refractivity contribution is 9.10. The van der Waals surface area contributed by atoms with Crippen LogP contribution in [-0.4, -0.2) is 31.9 Å². The first-order chi connectivity index (χ1) is 9.46. The predicted molar refractivity (Wildman–Crippen MR) is 81.7 cm³/mol. The summed E-state index contributed by atoms with van der Waals surface area (Å²) in [5.74, 6) is 0.914. The number of nitrogens with two attached hydrogens (primary N) is 1. The van der Waals surface area contributed by atoms with Crippen LogP contribution in [0.25, 0.3) is 0 Å². The lowest BCUT2D eigenvalue weighted by molar-refractivity contribution is 0.271. The molecule has 0 radical (unpaired) electrons. The zero-order chi connectivity index (χ0) is 14.3. The van der Waals surface area contributed by atoms with Gasteiger partial charge >= 0.3 is 0 Å². The number of hydrogen-bond donors (Lipinski definition) is 1. The Morgan fingerprint density at radius 3 is 2.70 bits per heavy atom. The maximum atomic E-state index is 12.7. The summed E-state index contributed by atoms with van der Waals surface area (Å²) in [5, 5.41) is 0. The lowest BCUT2D eigenvalue weighted by atomic mass is 9.79. The minimum Gasteiger partial charge on any atom is -0.328 e. The highest BCUT2D eigenvalue weighted by atomic mass is 79.9. The van der Waals surface area contributed by atoms with Crippen molar-refractivity contribution in [1.82, 2.24) is 4.31 Å². The van der Waals surface area contributed by atoms with Gasteiger partial charge in [0, 0.05) is 23.6 Å². The fraction of sp³-hybridized carbons (Fsp3) is 0.571. The summed E-state index contributed by atoms with van der Waals surface area (Å²) in [7, 11) is -3.37. The molecule has 1 unspecified atom stereocenters. The van der Waals surface area contributed by atoms with E-state index in [1.165, 1.54) is 0 Å². The highest BCUT2D eigenvalue weighted by Crippen LogP contribution is 2.38. The van der Waals surface area contributed by atoms with Crippen LogP contribution in [0.4, 0.5) is 0 Å². The van der Waals surface area contributed by atoms with E-state index in [9.17, 15) is 8.42 Å². The molecule has 0 aromatic heterocycles. The molecule has 2 N–H and O–H groups in total. The Kier molecular flexibility index (Phi) is 3.92. The van der Waals surface area contributed by atoms with Gasteiger partial charge < -0.3 is 5.73 Å². The first kappa shape index (κ1) is 14.5. The van der Waals surface area contributed by atoms with Crippen LogP contribution in [-0.2, 0) is 10.0 Å². The van der Waals surface area contributed by atoms with Gasteiger partial charge in [0.25, 0.3) is 0 Å². The second-order valence-corrected chi connectivity index (χ2v) is 8.73. The van der Waals surface area contributed by atoms with Gasteiger partial charge in [-0.1, -0.05) is 22.0 Å². The smallest absolute Gasteiger partial charge is 0.243 e. The Morgan fingerprint density at radius 2 is 1.95 bits per heavy atom. The van der Waals surface area contributed by atoms with E-state index in [0.29, 0.717) is 29.8 Å². The van der Waals surface area contributed by atoms with Crippen LogP contribution in [0.1, 0.15) is 19.3 Å². The molecule has 2 fully saturated rings. The maximum absolute atomic E-state index is 12.7. The van der Waals surface area contributed by atoms with E-state index in [1.807, 2.05) is 6.07 Å². The molecule has 1 heterocycles. The third kappa shape index (κ3) is 2.66. The molecule has 110 valence electrons. The quantitative estimate of drug-likeness (QED) is 0.881. The molecule has 0 amide bonds. The van der Waals surface area contributed by atoms with Crippen molar-refractivity contribution in [2.75, 3.05) is 13.1 Å². The molecule has 3 rings (SSSR count). The fourth-order valence-electron chi connectivity index (χ4n) is 3.40. The van der Waals surface area contributed by atoms with E-state index >= 15 is 0 Å². The molecule has 1 aromatic rings. The molecule has 3 atom stereocenters. The van der Waals surface area contributed by atoms with Gasteiger partial charge in [-0.05, 0) is 49.3 Å². The minimum atomic E-state index is -3.37. The first-order valence-corrected chi connectivity index (χ1v) is 9.21. The largest absolute Gasteiger partial charge is 0.328 e. The summed E-state index contributed by atoms with van der Waals surface area (Å²) in [6, 6.07) is 7.17. The van der Waals surface area contributed by atoms with Gasteiger partial charge in [0.15, 0.2) is 0 Å². The van der Waals surface area contributed by atoms with Crippen LogP contribution in [0.3, 0.4) is 0 Å². The Labute approximate surface area is 128 Å². The Hall–Kier alpha value is -0.430. The molecule has 1 aliphatic carbocycles. The molecule has 1 aliphatic heterocycles. The summed E-state index contributed by atoms with van der Waals surface area (Å²) in [6.45, 7) is 1.26. The van der Waals surface area contributed by atoms with E-state index in [4.69, 9.17) is 5.73 Å². The van der Waals surface area contributed by atoms with Crippen LogP contribution in [0.15, 0.2) is 33.6 Å². The molecule has 2 aliphatic rings. The number of halogens is 1. The van der Waals surface area contributed by atoms with Gasteiger partial charge in [0.1, 0.15) is 0 Å². The van der Waals surface area contributed by atoms with E-state index in [1.54, 1.807) is 22.5 Å². The number of rotatable bonds is 2. The molecular weight excluding hydrogens is 340 g/mol. The molecule has 6 heteroatoms. The summed E-state index contributed by atoms with van der Waals surface area (Å²) in [5.41, 5.74) is 6.00. The van der Waals surface area contributed by atoms with E-state index < -0.39 is 10.0 Å². The fourth-order valence-corrected chi connectivity index (χ4v) is 5.55. The number of fused-ring (bicyclic) bond motifs is 1. The standard InChI is InChI=1S/C14H19BrN2O2S/c15-12-2-1-3-14(7-12)20(18,19)17-8-10-4-5-13(16)6-11(10)9-17/h1-3,7,10-11,13H,4-6,8-9,16H2/t10-,11+,13?/m1/s1. The molecule has 20 heavy (non-hydrogen) atoms. The molecule has 1 aromatic carbocycles. The number of sulfonamides is 1. The maximum Gasteiger partial charge on any atom is 0.243 e. The number of benzene rings is 1. The van der Waals surface area contributed by atoms with Gasteiger partial charge in [0.05, 0.1) is 4.90 Å². The van der Waals surface area contributed by atoms with Gasteiger partial charge in [-0.3, -0.25) is 0 Å². The monoisotopic (exact) mass is 358 g/mol. The predicted octanol–water partition coefficient (Wildman–Crippen LogP) is 2.20. The third-order valence-corrected chi connectivity index (χ3v) is 6.81. The zero-order valence-corrected chi connectivity index (χ0v) is 13.6. The van der Waals surface area contributed by atoms with Gasteiger partial charge in [-0.25, -0.2) is 8.42 Å². The highest BCUT2D eigenvalue weighted by Gasteiger charge is 2.41. The minimum absolute atomic E-state index is 0.241. The summed E-state index contributed by atoms with van der Waals surface area (Å²) >= 11 is 3.33. The molecule has 0 spiro atoms. The van der Waals surface area contributed by atoms with Gasteiger partial charge in [0.2, 0.25) is 10.0 Å². The lowest BCUT2D eigenvalue weighted by Crippen LogP contribution is -2.32. The average Bonchev–Trinajstić information content (AvgIpc) is 2.82. The SMILES string of the molecule is NC1CC[C@@H]2CN(S(=O)(=O)c3cccc(Br)c3)C[C@@H]2C1. The van der Waals surface area contributed by atoms with Crippen LogP contribution < -0.4 is 5.73 Å². The topological polar surface area (TPSA) is 63.4 Å². The van der Waals surface area contributed by atoms with Gasteiger partial charge in [-0.2, -0.15) is 4.31 Å². The van der Waals surface area contributed by atoms with Crippen LogP contribution >= 0.6 is 15.9 Å². The molecule has 0 bridgehead atoms. The lowest BCUT2D eigenvalue weighted by Gasteiger charge is -2.28. The number of nitrogens with zero attached hydrogens (tertiary/aromatic N) is 1. The van der Waals surface area contributed by atoms with Crippen molar-refractivity contribution in [1.29, 1.82) is 0 Å². The van der Waals surface area contributed by atoms with Crippen LogP contribution in [0, 0.1) is 11.8 Å². The van der Waals surface area contributed by atoms with E-state index in [-0.39, 0.29) is 6.04 Å². The molecule has 1 saturated heterocycles. The van der Waals surface area contributed by atoms with Crippen molar-refractivity contribution in [2.24, 2.45) is 17.6 Å². The van der Waals surface area contributed by atoms with Crippen molar-refractivity contribution >= 4 is 26.0 Å². The zero-order valence-electron chi connectivity index (χ0n) is 11.2. The normalized spacial score (nSPS) is 31.2. The van der Waals surface area contributed by atoms with Crippen molar-refractivity contribution in [2.45, 2.75) is 30.2 Å². The Balaban J connectivity index is 1.83. The third-order valence-electron chi connectivity index (χ3n) is 4.49. The van der Waals surface area contributed by atoms with E-state index in [2.05, 4.69) is 15.9 Å². The van der Waals surface area contributed by atoms with Crippen molar-refractivity contribution in [3.63, 3.8) is 0 Å². The van der Waals surface area contributed by atoms with E-state index in [0.717, 1.165) is 23.7 Å². The van der Waals surface area contributed by atoms with Gasteiger partial charge in [-0.15, -0.1) is 0 Å². The molecular formula is C14H19BrN2O2S. The average molecular weight is 359 g/mol. The summed E-state index contributed by atoms with van der Waals surface area (Å²) < 4.78 is 27.8. The van der Waals surface area contributed by atoms with Crippen molar-refractivity contribution in [3.8, 4) is 0 Å². The van der Waals surface area contributed by atoms with Crippen LogP contribution in [0.5, 0.6) is 0 Å². The second kappa shape index (κ2) is 5.40. The second-order valence-electron chi connectivity index (χ2n) is 5.87. The molecule has 1 saturated carbocycles. The first-order valence-electron chi connectivity index (χ1n) is 6.98. The Bertz CT molecular complexity index is 605. The molecule has 4 nitrogen and oxygen atoms in total. The van der Waals surface area contributed by atoms with Crippen molar-refractivity contribution < 1.29 is 8.42 Å².